The van der Waals surface area contributed by atoms with E-state index >= 15 is 0 Å². The molecule has 2 N–H and O–H groups in total. The van der Waals surface area contributed by atoms with Gasteiger partial charge in [0.1, 0.15) is 17.3 Å². The van der Waals surface area contributed by atoms with Crippen molar-refractivity contribution in [3.8, 4) is 11.5 Å². The number of phenolic OH excluding ortho intramolecular Hbond substituents is 1. The molecule has 1 aliphatic heterocycles. The fraction of sp³-hybridized carbons (Fsp3) is 0.423. The second-order valence-corrected chi connectivity index (χ2v) is 9.05. The first-order valence-electron chi connectivity index (χ1n) is 11.3. The Balaban J connectivity index is 1.42. The molecule has 0 atom stereocenters. The van der Waals surface area contributed by atoms with Crippen molar-refractivity contribution in [2.75, 3.05) is 19.7 Å². The monoisotopic (exact) mass is 439 g/mol. The van der Waals surface area contributed by atoms with Crippen LogP contribution in [0.2, 0.25) is 0 Å². The number of allylic oxidation sites excluding steroid dienone is 1. The van der Waals surface area contributed by atoms with E-state index in [4.69, 9.17) is 9.84 Å². The van der Waals surface area contributed by atoms with E-state index in [2.05, 4.69) is 0 Å². The maximum absolute atomic E-state index is 14.8. The highest BCUT2D eigenvalue weighted by Crippen LogP contribution is 2.31. The summed E-state index contributed by atoms with van der Waals surface area (Å²) in [5.41, 5.74) is 2.58. The van der Waals surface area contributed by atoms with Gasteiger partial charge in [0.15, 0.2) is 0 Å². The summed E-state index contributed by atoms with van der Waals surface area (Å²) in [7, 11) is 0. The largest absolute Gasteiger partial charge is 0.507 e. The van der Waals surface area contributed by atoms with Crippen molar-refractivity contribution in [1.29, 1.82) is 0 Å². The van der Waals surface area contributed by atoms with Gasteiger partial charge >= 0.3 is 5.97 Å². The van der Waals surface area contributed by atoms with Crippen LogP contribution in [0.15, 0.2) is 36.4 Å². The lowest BCUT2D eigenvalue weighted by molar-refractivity contribution is -0.147. The van der Waals surface area contributed by atoms with Crippen molar-refractivity contribution in [2.24, 2.45) is 11.8 Å². The summed E-state index contributed by atoms with van der Waals surface area (Å²) in [6.07, 6.45) is 6.71. The third kappa shape index (κ3) is 5.30. The molecular formula is C26H30FNO4. The van der Waals surface area contributed by atoms with Gasteiger partial charge in [-0.25, -0.2) is 4.39 Å². The Bertz CT molecular complexity index is 1010. The van der Waals surface area contributed by atoms with E-state index in [-0.39, 0.29) is 17.5 Å². The van der Waals surface area contributed by atoms with Crippen LogP contribution in [0.1, 0.15) is 49.3 Å². The number of aromatic hydroxyl groups is 1. The van der Waals surface area contributed by atoms with Crippen molar-refractivity contribution in [1.82, 2.24) is 4.90 Å². The quantitative estimate of drug-likeness (QED) is 0.555. The van der Waals surface area contributed by atoms with Crippen molar-refractivity contribution in [2.45, 2.75) is 39.2 Å². The van der Waals surface area contributed by atoms with E-state index in [1.807, 2.05) is 17.9 Å². The van der Waals surface area contributed by atoms with Crippen LogP contribution in [0, 0.1) is 17.7 Å². The number of hydrogen-bond donors (Lipinski definition) is 2. The Morgan fingerprint density at radius 1 is 1.19 bits per heavy atom. The van der Waals surface area contributed by atoms with Crippen LogP contribution in [0.3, 0.4) is 0 Å². The van der Waals surface area contributed by atoms with Gasteiger partial charge in [-0.2, -0.15) is 0 Å². The molecule has 1 saturated heterocycles. The summed E-state index contributed by atoms with van der Waals surface area (Å²) in [6, 6.07) is 10.3. The number of halogens is 1. The average Bonchev–Trinajstić information content (AvgIpc) is 3.24. The standard InChI is InChI=1S/C26H30FNO4/c1-17(10-20-12-22(7-9-25(20)29)32-16-18-4-2-3-5-18)23-8-6-19(11-24(23)27)13-28-14-21(15-28)26(30)31/h6-12,18,21,29H,2-5,13-16H2,1H3,(H,30,31)/b17-10+. The molecule has 2 aromatic carbocycles. The van der Waals surface area contributed by atoms with Crippen molar-refractivity contribution in [3.63, 3.8) is 0 Å². The number of carboxylic acid groups (broad SMARTS) is 1. The van der Waals surface area contributed by atoms with Crippen molar-refractivity contribution < 1.29 is 24.1 Å². The normalized spacial score (nSPS) is 18.0. The molecule has 0 unspecified atom stereocenters. The molecule has 32 heavy (non-hydrogen) atoms. The third-order valence-corrected chi connectivity index (χ3v) is 6.50. The lowest BCUT2D eigenvalue weighted by Gasteiger charge is -2.36. The van der Waals surface area contributed by atoms with Crippen LogP contribution in [-0.2, 0) is 11.3 Å². The van der Waals surface area contributed by atoms with Crippen LogP contribution < -0.4 is 4.74 Å². The molecule has 0 bridgehead atoms. The van der Waals surface area contributed by atoms with E-state index in [9.17, 15) is 14.3 Å². The average molecular weight is 440 g/mol. The molecule has 2 aromatic rings. The SMILES string of the molecule is C/C(=C\c1cc(OCC2CCCC2)ccc1O)c1ccc(CN2CC(C(=O)O)C2)cc1F. The number of hydrogen-bond acceptors (Lipinski definition) is 4. The van der Waals surface area contributed by atoms with Gasteiger partial charge in [0.2, 0.25) is 0 Å². The van der Waals surface area contributed by atoms with E-state index < -0.39 is 5.97 Å². The molecule has 5 nitrogen and oxygen atoms in total. The zero-order valence-corrected chi connectivity index (χ0v) is 18.4. The van der Waals surface area contributed by atoms with Gasteiger partial charge in [-0.15, -0.1) is 0 Å². The molecule has 4 rings (SSSR count). The second kappa shape index (κ2) is 9.74. The Kier molecular flexibility index (Phi) is 6.80. The molecule has 0 radical (unpaired) electrons. The molecule has 0 amide bonds. The zero-order chi connectivity index (χ0) is 22.7. The Morgan fingerprint density at radius 3 is 2.62 bits per heavy atom. The lowest BCUT2D eigenvalue weighted by Crippen LogP contribution is -2.49. The van der Waals surface area contributed by atoms with Gasteiger partial charge in [-0.05, 0) is 67.2 Å². The van der Waals surface area contributed by atoms with Crippen molar-refractivity contribution >= 4 is 17.6 Å². The van der Waals surface area contributed by atoms with Gasteiger partial charge in [0, 0.05) is 30.8 Å². The minimum Gasteiger partial charge on any atom is -0.507 e. The minimum atomic E-state index is -0.778. The van der Waals surface area contributed by atoms with Gasteiger partial charge < -0.3 is 14.9 Å². The summed E-state index contributed by atoms with van der Waals surface area (Å²) in [6.45, 7) is 4.03. The molecule has 0 aromatic heterocycles. The van der Waals surface area contributed by atoms with E-state index in [1.54, 1.807) is 30.3 Å². The first kappa shape index (κ1) is 22.3. The molecule has 1 aliphatic carbocycles. The minimum absolute atomic E-state index is 0.125. The van der Waals surface area contributed by atoms with Gasteiger partial charge in [-0.3, -0.25) is 9.69 Å². The highest BCUT2D eigenvalue weighted by Gasteiger charge is 2.32. The number of carbonyl (C=O) groups is 1. The van der Waals surface area contributed by atoms with E-state index in [0.717, 1.165) is 5.56 Å². The number of benzene rings is 2. The van der Waals surface area contributed by atoms with E-state index in [0.29, 0.717) is 54.6 Å². The Morgan fingerprint density at radius 2 is 1.94 bits per heavy atom. The summed E-state index contributed by atoms with van der Waals surface area (Å²) >= 11 is 0. The molecule has 0 spiro atoms. The fourth-order valence-electron chi connectivity index (χ4n) is 4.53. The zero-order valence-electron chi connectivity index (χ0n) is 18.4. The predicted octanol–water partition coefficient (Wildman–Crippen LogP) is 5.18. The summed E-state index contributed by atoms with van der Waals surface area (Å²) in [5, 5.41) is 19.3. The smallest absolute Gasteiger partial charge is 0.309 e. The maximum atomic E-state index is 14.8. The van der Waals surface area contributed by atoms with Crippen LogP contribution >= 0.6 is 0 Å². The van der Waals surface area contributed by atoms with Gasteiger partial charge in [0.05, 0.1) is 12.5 Å². The highest BCUT2D eigenvalue weighted by atomic mass is 19.1. The number of phenols is 1. The molecule has 1 saturated carbocycles. The number of likely N-dealkylation sites (tertiary alicyclic amines) is 1. The summed E-state index contributed by atoms with van der Waals surface area (Å²) in [4.78, 5) is 12.9. The predicted molar refractivity (Wildman–Crippen MR) is 122 cm³/mol. The number of rotatable bonds is 8. The number of nitrogens with zero attached hydrogens (tertiary/aromatic N) is 1. The second-order valence-electron chi connectivity index (χ2n) is 9.05. The van der Waals surface area contributed by atoms with Crippen LogP contribution in [0.4, 0.5) is 4.39 Å². The molecule has 6 heteroatoms. The molecule has 2 aliphatic rings. The van der Waals surface area contributed by atoms with Gasteiger partial charge in [-0.1, -0.05) is 25.0 Å². The number of ether oxygens (including phenoxy) is 1. The summed E-state index contributed by atoms with van der Waals surface area (Å²) in [5.74, 6) is -0.00284. The fourth-order valence-corrected chi connectivity index (χ4v) is 4.53. The molecule has 2 fully saturated rings. The van der Waals surface area contributed by atoms with Crippen LogP contribution in [-0.4, -0.2) is 40.8 Å². The summed E-state index contributed by atoms with van der Waals surface area (Å²) < 4.78 is 20.7. The Labute approximate surface area is 188 Å². The van der Waals surface area contributed by atoms with Crippen LogP contribution in [0.5, 0.6) is 11.5 Å². The topological polar surface area (TPSA) is 70.0 Å². The number of carboxylic acids is 1. The number of aliphatic carboxylic acids is 1. The van der Waals surface area contributed by atoms with Crippen molar-refractivity contribution in [3.05, 3.63) is 58.9 Å². The molecular weight excluding hydrogens is 409 g/mol. The third-order valence-electron chi connectivity index (χ3n) is 6.50. The lowest BCUT2D eigenvalue weighted by atomic mass is 9.98. The Hall–Kier alpha value is -2.86. The van der Waals surface area contributed by atoms with E-state index in [1.165, 1.54) is 31.7 Å². The maximum Gasteiger partial charge on any atom is 0.309 e. The highest BCUT2D eigenvalue weighted by molar-refractivity contribution is 5.82. The van der Waals surface area contributed by atoms with Crippen LogP contribution in [0.25, 0.3) is 11.6 Å². The first-order chi connectivity index (χ1) is 15.4. The molecule has 1 heterocycles. The van der Waals surface area contributed by atoms with Gasteiger partial charge in [0.25, 0.3) is 0 Å². The molecule has 170 valence electrons. The first-order valence-corrected chi connectivity index (χ1v) is 11.3.